The highest BCUT2D eigenvalue weighted by atomic mass is 28.2. The van der Waals surface area contributed by atoms with Gasteiger partial charge in [0.2, 0.25) is 0 Å². The van der Waals surface area contributed by atoms with Crippen LogP contribution in [0, 0.1) is 0 Å². The highest BCUT2D eigenvalue weighted by molar-refractivity contribution is 6.53. The summed E-state index contributed by atoms with van der Waals surface area (Å²) in [6.45, 7) is 2.25. The Morgan fingerprint density at radius 2 is 1.44 bits per heavy atom. The third-order valence-corrected chi connectivity index (χ3v) is 4.75. The molecule has 0 aliphatic heterocycles. The molecule has 0 spiro atoms. The zero-order chi connectivity index (χ0) is 12.4. The van der Waals surface area contributed by atoms with Crippen LogP contribution in [0.4, 0.5) is 0 Å². The summed E-state index contributed by atoms with van der Waals surface area (Å²) in [6.07, 6.45) is 1.27. The molecular weight excluding hydrogens is 232 g/mol. The number of rotatable bonds is 3. The molecule has 88 valence electrons. The van der Waals surface area contributed by atoms with Crippen LogP contribution in [-0.4, -0.2) is 9.52 Å². The summed E-state index contributed by atoms with van der Waals surface area (Å²) in [7, 11) is 0.945. The summed E-state index contributed by atoms with van der Waals surface area (Å²) in [5.74, 6) is 0. The largest absolute Gasteiger partial charge is 0.0808 e. The molecule has 0 unspecified atom stereocenters. The molecule has 3 rings (SSSR count). The van der Waals surface area contributed by atoms with Crippen LogP contribution in [-0.2, 0) is 0 Å². The lowest BCUT2D eigenvalue weighted by molar-refractivity contribution is 1.08. The minimum Gasteiger partial charge on any atom is -0.0657 e. The monoisotopic (exact) mass is 248 g/mol. The summed E-state index contributed by atoms with van der Waals surface area (Å²) >= 11 is 0. The third kappa shape index (κ3) is 2.18. The van der Waals surface area contributed by atoms with E-state index in [9.17, 15) is 0 Å². The van der Waals surface area contributed by atoms with Gasteiger partial charge in [-0.15, -0.1) is 0 Å². The first-order valence-corrected chi connectivity index (χ1v) is 7.74. The fourth-order valence-electron chi connectivity index (χ4n) is 2.32. The molecule has 0 heterocycles. The Hall–Kier alpha value is -1.60. The minimum atomic E-state index is 0.945. The van der Waals surface area contributed by atoms with Crippen molar-refractivity contribution >= 4 is 36.3 Å². The van der Waals surface area contributed by atoms with Gasteiger partial charge in [-0.2, -0.15) is 0 Å². The fraction of sp³-hybridized carbons (Fsp3) is 0.176. The predicted molar refractivity (Wildman–Crippen MR) is 81.9 cm³/mol. The molecule has 0 N–H and O–H groups in total. The van der Waals surface area contributed by atoms with Crippen molar-refractivity contribution in [2.75, 3.05) is 0 Å². The Balaban J connectivity index is 2.12. The molecule has 0 bridgehead atoms. The van der Waals surface area contributed by atoms with Crippen molar-refractivity contribution in [1.82, 2.24) is 0 Å². The van der Waals surface area contributed by atoms with Crippen molar-refractivity contribution in [3.63, 3.8) is 0 Å². The maximum Gasteiger partial charge on any atom is 0.0808 e. The van der Waals surface area contributed by atoms with Gasteiger partial charge in [0.15, 0.2) is 0 Å². The van der Waals surface area contributed by atoms with E-state index in [1.807, 2.05) is 0 Å². The van der Waals surface area contributed by atoms with Gasteiger partial charge in [-0.05, 0) is 33.7 Å². The number of benzene rings is 3. The average Bonchev–Trinajstić information content (AvgIpc) is 2.42. The fourth-order valence-corrected chi connectivity index (χ4v) is 3.32. The molecule has 3 aromatic carbocycles. The third-order valence-electron chi connectivity index (χ3n) is 3.28. The maximum atomic E-state index is 2.36. The second-order valence-electron chi connectivity index (χ2n) is 4.69. The van der Waals surface area contributed by atoms with E-state index in [1.165, 1.54) is 39.2 Å². The van der Waals surface area contributed by atoms with Crippen LogP contribution in [0.2, 0.25) is 6.04 Å². The molecule has 0 atom stereocenters. The van der Waals surface area contributed by atoms with Crippen molar-refractivity contribution < 1.29 is 0 Å². The van der Waals surface area contributed by atoms with Gasteiger partial charge in [0.05, 0.1) is 9.52 Å². The van der Waals surface area contributed by atoms with Gasteiger partial charge in [-0.1, -0.05) is 67.0 Å². The molecule has 0 saturated heterocycles. The van der Waals surface area contributed by atoms with Crippen molar-refractivity contribution in [2.45, 2.75) is 19.4 Å². The van der Waals surface area contributed by atoms with Gasteiger partial charge >= 0.3 is 0 Å². The van der Waals surface area contributed by atoms with E-state index in [0.29, 0.717) is 0 Å². The first-order chi connectivity index (χ1) is 8.86. The van der Waals surface area contributed by atoms with E-state index in [-0.39, 0.29) is 0 Å². The quantitative estimate of drug-likeness (QED) is 0.482. The highest BCUT2D eigenvalue weighted by Gasteiger charge is 2.00. The lowest BCUT2D eigenvalue weighted by atomic mass is 10.0. The van der Waals surface area contributed by atoms with Gasteiger partial charge in [0.25, 0.3) is 0 Å². The topological polar surface area (TPSA) is 0 Å². The van der Waals surface area contributed by atoms with Gasteiger partial charge in [-0.3, -0.25) is 0 Å². The molecule has 1 heteroatoms. The van der Waals surface area contributed by atoms with Gasteiger partial charge in [-0.25, -0.2) is 0 Å². The molecule has 18 heavy (non-hydrogen) atoms. The second-order valence-corrected chi connectivity index (χ2v) is 6.12. The van der Waals surface area contributed by atoms with Crippen molar-refractivity contribution in [3.05, 3.63) is 54.6 Å². The van der Waals surface area contributed by atoms with Crippen LogP contribution < -0.4 is 5.19 Å². The van der Waals surface area contributed by atoms with E-state index in [2.05, 4.69) is 61.5 Å². The number of hydrogen-bond donors (Lipinski definition) is 0. The van der Waals surface area contributed by atoms with E-state index < -0.39 is 0 Å². The first kappa shape index (κ1) is 11.5. The van der Waals surface area contributed by atoms with Crippen LogP contribution in [0.15, 0.2) is 54.6 Å². The molecule has 0 aliphatic carbocycles. The van der Waals surface area contributed by atoms with E-state index >= 15 is 0 Å². The Bertz CT molecular complexity index is 685. The van der Waals surface area contributed by atoms with Crippen LogP contribution in [0.25, 0.3) is 21.5 Å². The minimum absolute atomic E-state index is 0.945. The van der Waals surface area contributed by atoms with Crippen molar-refractivity contribution in [1.29, 1.82) is 0 Å². The summed E-state index contributed by atoms with van der Waals surface area (Å²) in [5.41, 5.74) is 0. The lowest BCUT2D eigenvalue weighted by Crippen LogP contribution is -2.12. The zero-order valence-electron chi connectivity index (χ0n) is 10.6. The van der Waals surface area contributed by atoms with Gasteiger partial charge in [0, 0.05) is 0 Å². The summed E-state index contributed by atoms with van der Waals surface area (Å²) in [5, 5.41) is 6.86. The molecule has 0 fully saturated rings. The molecule has 3 aromatic rings. The van der Waals surface area contributed by atoms with Crippen LogP contribution in [0.5, 0.6) is 0 Å². The van der Waals surface area contributed by atoms with Crippen LogP contribution in [0.3, 0.4) is 0 Å². The molecule has 0 nitrogen and oxygen atoms in total. The average molecular weight is 248 g/mol. The Kier molecular flexibility index (Phi) is 3.16. The Morgan fingerprint density at radius 1 is 0.778 bits per heavy atom. The summed E-state index contributed by atoms with van der Waals surface area (Å²) < 4.78 is 0. The Labute approximate surface area is 110 Å². The zero-order valence-corrected chi connectivity index (χ0v) is 11.6. The van der Waals surface area contributed by atoms with Gasteiger partial charge < -0.3 is 0 Å². The van der Waals surface area contributed by atoms with Crippen LogP contribution in [0.1, 0.15) is 13.3 Å². The standard InChI is InChI=1S/C17H16Si/c1-2-9-18-17-8-7-15-10-13-5-3-4-6-14(13)11-16(15)12-17/h3-8,10-12H,2,9H2,1H3. The molecule has 0 aromatic heterocycles. The molecule has 0 amide bonds. The smallest absolute Gasteiger partial charge is 0.0657 e. The predicted octanol–water partition coefficient (Wildman–Crippen LogP) is 4.15. The second kappa shape index (κ2) is 4.95. The Morgan fingerprint density at radius 3 is 2.17 bits per heavy atom. The normalized spacial score (nSPS) is 11.2. The lowest BCUT2D eigenvalue weighted by Gasteiger charge is -2.05. The molecule has 0 saturated carbocycles. The van der Waals surface area contributed by atoms with Crippen LogP contribution >= 0.6 is 0 Å². The van der Waals surface area contributed by atoms with Gasteiger partial charge in [0.1, 0.15) is 0 Å². The van der Waals surface area contributed by atoms with E-state index in [0.717, 1.165) is 9.52 Å². The molecule has 0 aliphatic rings. The van der Waals surface area contributed by atoms with Crippen molar-refractivity contribution in [3.8, 4) is 0 Å². The van der Waals surface area contributed by atoms with E-state index in [1.54, 1.807) is 0 Å². The maximum absolute atomic E-state index is 2.36. The summed E-state index contributed by atoms with van der Waals surface area (Å²) in [6, 6.07) is 21.4. The SMILES string of the molecule is CCC[Si]c1ccc2cc3ccccc3cc2c1. The highest BCUT2D eigenvalue weighted by Crippen LogP contribution is 2.21. The van der Waals surface area contributed by atoms with Crippen molar-refractivity contribution in [2.24, 2.45) is 0 Å². The number of hydrogen-bond acceptors (Lipinski definition) is 0. The number of fused-ring (bicyclic) bond motifs is 2. The van der Waals surface area contributed by atoms with E-state index in [4.69, 9.17) is 0 Å². The summed E-state index contributed by atoms with van der Waals surface area (Å²) in [4.78, 5) is 0. The molecule has 2 radical (unpaired) electrons. The first-order valence-electron chi connectivity index (χ1n) is 6.53. The molecular formula is C17H16Si.